The fourth-order valence-electron chi connectivity index (χ4n) is 1.78. The van der Waals surface area contributed by atoms with Crippen molar-refractivity contribution < 1.29 is 9.84 Å². The lowest BCUT2D eigenvalue weighted by atomic mass is 10.1. The highest BCUT2D eigenvalue weighted by atomic mass is 16.5. The number of para-hydroxylation sites is 1. The molecule has 4 heteroatoms. The number of aliphatic hydroxyl groups is 1. The highest BCUT2D eigenvalue weighted by Gasteiger charge is 2.06. The molecule has 0 fully saturated rings. The molecule has 0 amide bonds. The van der Waals surface area contributed by atoms with Gasteiger partial charge in [-0.05, 0) is 31.9 Å². The summed E-state index contributed by atoms with van der Waals surface area (Å²) >= 11 is 0. The fourth-order valence-corrected chi connectivity index (χ4v) is 1.78. The molecule has 2 rings (SSSR count). The lowest BCUT2D eigenvalue weighted by Gasteiger charge is -2.10. The van der Waals surface area contributed by atoms with Crippen LogP contribution in [0.3, 0.4) is 0 Å². The van der Waals surface area contributed by atoms with Crippen molar-refractivity contribution in [1.29, 1.82) is 0 Å². The minimum absolute atomic E-state index is 0.0994. The number of nitrogens with zero attached hydrogens (tertiary/aromatic N) is 2. The monoisotopic (exact) mass is 244 g/mol. The number of benzene rings is 1. The molecule has 0 radical (unpaired) electrons. The smallest absolute Gasteiger partial charge is 0.222 e. The highest BCUT2D eigenvalue weighted by Crippen LogP contribution is 2.24. The van der Waals surface area contributed by atoms with Gasteiger partial charge in [0.15, 0.2) is 0 Å². The average molecular weight is 244 g/mol. The topological polar surface area (TPSA) is 55.2 Å². The maximum absolute atomic E-state index is 9.02. The van der Waals surface area contributed by atoms with Gasteiger partial charge in [0.2, 0.25) is 5.88 Å². The van der Waals surface area contributed by atoms with Gasteiger partial charge in [0.05, 0.1) is 0 Å². The van der Waals surface area contributed by atoms with Crippen LogP contribution in [-0.4, -0.2) is 21.7 Å². The number of aliphatic hydroxyl groups excluding tert-OH is 1. The van der Waals surface area contributed by atoms with E-state index in [9.17, 15) is 0 Å². The first-order valence-corrected chi connectivity index (χ1v) is 5.88. The van der Waals surface area contributed by atoms with E-state index in [0.29, 0.717) is 18.1 Å². The Morgan fingerprint density at radius 1 is 1.17 bits per heavy atom. The second kappa shape index (κ2) is 5.60. The van der Waals surface area contributed by atoms with E-state index in [4.69, 9.17) is 9.84 Å². The van der Waals surface area contributed by atoms with Crippen LogP contribution < -0.4 is 4.74 Å². The summed E-state index contributed by atoms with van der Waals surface area (Å²) in [6.45, 7) is 3.84. The third-order valence-electron chi connectivity index (χ3n) is 2.51. The minimum Gasteiger partial charge on any atom is -0.439 e. The van der Waals surface area contributed by atoms with Gasteiger partial charge >= 0.3 is 0 Å². The molecule has 1 heterocycles. The van der Waals surface area contributed by atoms with Crippen LogP contribution in [0.25, 0.3) is 0 Å². The van der Waals surface area contributed by atoms with Crippen LogP contribution in [0.4, 0.5) is 0 Å². The van der Waals surface area contributed by atoms with Crippen LogP contribution in [0.2, 0.25) is 0 Å². The van der Waals surface area contributed by atoms with Crippen molar-refractivity contribution >= 4 is 0 Å². The Morgan fingerprint density at radius 3 is 2.67 bits per heavy atom. The molecule has 0 unspecified atom stereocenters. The fraction of sp³-hybridized carbons (Fsp3) is 0.286. The number of hydrogen-bond acceptors (Lipinski definition) is 4. The Labute approximate surface area is 106 Å². The molecule has 2 aromatic rings. The number of aromatic nitrogens is 2. The zero-order valence-electron chi connectivity index (χ0n) is 10.6. The molecule has 4 nitrogen and oxygen atoms in total. The van der Waals surface area contributed by atoms with E-state index in [1.165, 1.54) is 0 Å². The zero-order valence-corrected chi connectivity index (χ0v) is 10.6. The Morgan fingerprint density at radius 2 is 1.94 bits per heavy atom. The van der Waals surface area contributed by atoms with E-state index in [1.54, 1.807) is 6.07 Å². The molecule has 0 saturated carbocycles. The molecule has 0 aliphatic rings. The number of hydrogen-bond donors (Lipinski definition) is 1. The first-order valence-electron chi connectivity index (χ1n) is 5.88. The van der Waals surface area contributed by atoms with Crippen LogP contribution in [0.5, 0.6) is 11.6 Å². The normalized spacial score (nSPS) is 10.4. The molecule has 1 aromatic heterocycles. The summed E-state index contributed by atoms with van der Waals surface area (Å²) in [5.74, 6) is 1.94. The summed E-state index contributed by atoms with van der Waals surface area (Å²) in [5.41, 5.74) is 1.84. The minimum atomic E-state index is 0.0994. The lowest BCUT2D eigenvalue weighted by molar-refractivity contribution is 0.297. The molecular weight excluding hydrogens is 228 g/mol. The largest absolute Gasteiger partial charge is 0.439 e. The third kappa shape index (κ3) is 3.05. The molecule has 18 heavy (non-hydrogen) atoms. The van der Waals surface area contributed by atoms with Crippen molar-refractivity contribution in [2.75, 3.05) is 6.61 Å². The molecule has 0 bridgehead atoms. The third-order valence-corrected chi connectivity index (χ3v) is 2.51. The van der Waals surface area contributed by atoms with E-state index < -0.39 is 0 Å². The van der Waals surface area contributed by atoms with Crippen molar-refractivity contribution in [3.8, 4) is 11.6 Å². The van der Waals surface area contributed by atoms with Crippen LogP contribution in [-0.2, 0) is 6.42 Å². The number of ether oxygens (including phenoxy) is 1. The predicted molar refractivity (Wildman–Crippen MR) is 68.8 cm³/mol. The average Bonchev–Trinajstić information content (AvgIpc) is 2.30. The first kappa shape index (κ1) is 12.5. The SMILES string of the molecule is Cc1cc(Oc2ccccc2CCO)nc(C)n1. The van der Waals surface area contributed by atoms with Crippen LogP contribution >= 0.6 is 0 Å². The van der Waals surface area contributed by atoms with Crippen molar-refractivity contribution in [2.24, 2.45) is 0 Å². The molecule has 0 aliphatic heterocycles. The molecule has 0 aliphatic carbocycles. The van der Waals surface area contributed by atoms with Gasteiger partial charge in [-0.1, -0.05) is 18.2 Å². The van der Waals surface area contributed by atoms with Crippen molar-refractivity contribution in [2.45, 2.75) is 20.3 Å². The molecule has 0 saturated heterocycles. The van der Waals surface area contributed by atoms with E-state index in [-0.39, 0.29) is 6.61 Å². The molecule has 0 spiro atoms. The van der Waals surface area contributed by atoms with Crippen molar-refractivity contribution in [3.05, 3.63) is 47.4 Å². The second-order valence-corrected chi connectivity index (χ2v) is 4.08. The quantitative estimate of drug-likeness (QED) is 0.897. The summed E-state index contributed by atoms with van der Waals surface area (Å²) in [6.07, 6.45) is 0.569. The summed E-state index contributed by atoms with van der Waals surface area (Å²) < 4.78 is 5.76. The van der Waals surface area contributed by atoms with Gasteiger partial charge in [0.25, 0.3) is 0 Å². The lowest BCUT2D eigenvalue weighted by Crippen LogP contribution is -1.98. The maximum Gasteiger partial charge on any atom is 0.222 e. The Bertz CT molecular complexity index is 521. The van der Waals surface area contributed by atoms with Gasteiger partial charge in [0.1, 0.15) is 11.6 Å². The van der Waals surface area contributed by atoms with Gasteiger partial charge in [0, 0.05) is 18.4 Å². The molecule has 0 atom stereocenters. The van der Waals surface area contributed by atoms with E-state index in [1.807, 2.05) is 38.1 Å². The Balaban J connectivity index is 2.27. The van der Waals surface area contributed by atoms with E-state index >= 15 is 0 Å². The highest BCUT2D eigenvalue weighted by molar-refractivity contribution is 5.36. The molecule has 1 aromatic carbocycles. The number of rotatable bonds is 4. The number of aryl methyl sites for hydroxylation is 2. The zero-order chi connectivity index (χ0) is 13.0. The molecular formula is C14H16N2O2. The van der Waals surface area contributed by atoms with Gasteiger partial charge in [-0.25, -0.2) is 4.98 Å². The second-order valence-electron chi connectivity index (χ2n) is 4.08. The summed E-state index contributed by atoms with van der Waals surface area (Å²) in [7, 11) is 0. The summed E-state index contributed by atoms with van der Waals surface area (Å²) in [4.78, 5) is 8.44. The summed E-state index contributed by atoms with van der Waals surface area (Å²) in [5, 5.41) is 9.02. The Kier molecular flexibility index (Phi) is 3.89. The van der Waals surface area contributed by atoms with E-state index in [0.717, 1.165) is 17.0 Å². The Hall–Kier alpha value is -1.94. The molecule has 1 N–H and O–H groups in total. The standard InChI is InChI=1S/C14H16N2O2/c1-10-9-14(16-11(2)15-10)18-13-6-4-3-5-12(13)7-8-17/h3-6,9,17H,7-8H2,1-2H3. The van der Waals surface area contributed by atoms with E-state index in [2.05, 4.69) is 9.97 Å². The van der Waals surface area contributed by atoms with Crippen LogP contribution in [0, 0.1) is 13.8 Å². The van der Waals surface area contributed by atoms with Gasteiger partial charge < -0.3 is 9.84 Å². The van der Waals surface area contributed by atoms with Crippen molar-refractivity contribution in [1.82, 2.24) is 9.97 Å². The van der Waals surface area contributed by atoms with Gasteiger partial charge in [-0.15, -0.1) is 0 Å². The molecule has 94 valence electrons. The predicted octanol–water partition coefficient (Wildman–Crippen LogP) is 2.42. The first-order chi connectivity index (χ1) is 8.69. The van der Waals surface area contributed by atoms with Crippen LogP contribution in [0.1, 0.15) is 17.1 Å². The maximum atomic E-state index is 9.02. The summed E-state index contributed by atoms with van der Waals surface area (Å²) in [6, 6.07) is 9.43. The van der Waals surface area contributed by atoms with Gasteiger partial charge in [-0.2, -0.15) is 4.98 Å². The van der Waals surface area contributed by atoms with Gasteiger partial charge in [-0.3, -0.25) is 0 Å². The van der Waals surface area contributed by atoms with Crippen molar-refractivity contribution in [3.63, 3.8) is 0 Å². The van der Waals surface area contributed by atoms with Crippen LogP contribution in [0.15, 0.2) is 30.3 Å².